The minimum Gasteiger partial charge on any atom is -0.408 e. The highest BCUT2D eigenvalue weighted by molar-refractivity contribution is 7.88. The lowest BCUT2D eigenvalue weighted by molar-refractivity contribution is 0.193. The van der Waals surface area contributed by atoms with Crippen LogP contribution in [0.2, 0.25) is 0 Å². The smallest absolute Gasteiger partial charge is 0.408 e. The van der Waals surface area contributed by atoms with E-state index >= 15 is 0 Å². The van der Waals surface area contributed by atoms with Gasteiger partial charge in [-0.25, -0.2) is 22.7 Å². The lowest BCUT2D eigenvalue weighted by Gasteiger charge is -2.32. The maximum Gasteiger partial charge on any atom is 0.420 e. The largest absolute Gasteiger partial charge is 0.420 e. The van der Waals surface area contributed by atoms with Gasteiger partial charge in [-0.3, -0.25) is 4.57 Å². The van der Waals surface area contributed by atoms with Crippen molar-refractivity contribution in [1.29, 1.82) is 0 Å². The number of carbonyl (C=O) groups excluding carboxylic acids is 1. The van der Waals surface area contributed by atoms with E-state index in [1.807, 2.05) is 13.8 Å². The van der Waals surface area contributed by atoms with Crippen molar-refractivity contribution in [3.63, 3.8) is 0 Å². The standard InChI is InChI=1S/C17H24N4O5S/c1-11(2)21-14-5-4-13(10-15(14)26-17(21)23)18-16(22)20-8-6-12(7-9-20)19-27(3,24)25/h4-5,10-12,19H,6-9H2,1-3H3,(H,18,22). The van der Waals surface area contributed by atoms with Crippen LogP contribution in [0.1, 0.15) is 32.7 Å². The van der Waals surface area contributed by atoms with Gasteiger partial charge in [-0.1, -0.05) is 0 Å². The van der Waals surface area contributed by atoms with E-state index in [4.69, 9.17) is 4.42 Å². The van der Waals surface area contributed by atoms with Crippen LogP contribution in [0.25, 0.3) is 11.1 Å². The number of rotatable bonds is 4. The van der Waals surface area contributed by atoms with Crippen LogP contribution in [0.4, 0.5) is 10.5 Å². The summed E-state index contributed by atoms with van der Waals surface area (Å²) in [7, 11) is -3.25. The SMILES string of the molecule is CC(C)n1c(=O)oc2cc(NC(=O)N3CCC(NS(C)(=O)=O)CC3)ccc21. The molecule has 0 bridgehead atoms. The number of fused-ring (bicyclic) bond motifs is 1. The van der Waals surface area contributed by atoms with Crippen LogP contribution in [0.5, 0.6) is 0 Å². The number of urea groups is 1. The van der Waals surface area contributed by atoms with Crippen LogP contribution < -0.4 is 15.8 Å². The van der Waals surface area contributed by atoms with Crippen molar-refractivity contribution in [1.82, 2.24) is 14.2 Å². The third-order valence-corrected chi connectivity index (χ3v) is 5.31. The zero-order valence-electron chi connectivity index (χ0n) is 15.6. The predicted octanol–water partition coefficient (Wildman–Crippen LogP) is 1.72. The van der Waals surface area contributed by atoms with Crippen molar-refractivity contribution in [3.05, 3.63) is 28.7 Å². The Hall–Kier alpha value is -2.33. The number of amides is 2. The summed E-state index contributed by atoms with van der Waals surface area (Å²) in [5.41, 5.74) is 1.64. The topological polar surface area (TPSA) is 114 Å². The van der Waals surface area contributed by atoms with E-state index < -0.39 is 15.8 Å². The van der Waals surface area contributed by atoms with Crippen molar-refractivity contribution >= 4 is 32.8 Å². The maximum absolute atomic E-state index is 12.5. The summed E-state index contributed by atoms with van der Waals surface area (Å²) in [6.45, 7) is 4.71. The molecule has 0 saturated carbocycles. The maximum atomic E-state index is 12.5. The fraction of sp³-hybridized carbons (Fsp3) is 0.529. The van der Waals surface area contributed by atoms with Gasteiger partial charge in [-0.05, 0) is 38.8 Å². The molecule has 1 aliphatic heterocycles. The van der Waals surface area contributed by atoms with E-state index in [1.54, 1.807) is 27.7 Å². The zero-order chi connectivity index (χ0) is 19.8. The molecule has 2 aromatic rings. The summed E-state index contributed by atoms with van der Waals surface area (Å²) >= 11 is 0. The molecule has 27 heavy (non-hydrogen) atoms. The third-order valence-electron chi connectivity index (χ3n) is 4.54. The summed E-state index contributed by atoms with van der Waals surface area (Å²) < 4.78 is 32.0. The van der Waals surface area contributed by atoms with E-state index in [2.05, 4.69) is 10.0 Å². The second-order valence-corrected chi connectivity index (χ2v) is 8.88. The van der Waals surface area contributed by atoms with Crippen LogP contribution in [-0.4, -0.2) is 49.3 Å². The molecule has 148 valence electrons. The van der Waals surface area contributed by atoms with Crippen molar-refractivity contribution in [2.24, 2.45) is 0 Å². The number of benzene rings is 1. The first-order valence-corrected chi connectivity index (χ1v) is 10.7. The number of carbonyl (C=O) groups is 1. The van der Waals surface area contributed by atoms with Crippen LogP contribution in [0, 0.1) is 0 Å². The molecule has 1 saturated heterocycles. The Balaban J connectivity index is 1.66. The molecule has 0 atom stereocenters. The number of hydrogen-bond donors (Lipinski definition) is 2. The molecule has 0 aliphatic carbocycles. The molecule has 1 aromatic heterocycles. The number of nitrogens with zero attached hydrogens (tertiary/aromatic N) is 2. The minimum atomic E-state index is -3.25. The van der Waals surface area contributed by atoms with E-state index in [0.717, 1.165) is 6.26 Å². The molecule has 2 heterocycles. The number of oxazole rings is 1. The molecular formula is C17H24N4O5S. The monoisotopic (exact) mass is 396 g/mol. The molecule has 9 nitrogen and oxygen atoms in total. The third kappa shape index (κ3) is 4.51. The Bertz CT molecular complexity index is 1000. The van der Waals surface area contributed by atoms with Gasteiger partial charge in [0.25, 0.3) is 0 Å². The predicted molar refractivity (Wildman–Crippen MR) is 102 cm³/mol. The van der Waals surface area contributed by atoms with Gasteiger partial charge in [0.1, 0.15) is 0 Å². The molecule has 1 aliphatic rings. The van der Waals surface area contributed by atoms with Crippen LogP contribution >= 0.6 is 0 Å². The Morgan fingerprint density at radius 1 is 1.26 bits per heavy atom. The van der Waals surface area contributed by atoms with E-state index in [-0.39, 0.29) is 18.1 Å². The summed E-state index contributed by atoms with van der Waals surface area (Å²) in [5, 5.41) is 2.80. The average molecular weight is 396 g/mol. The highest BCUT2D eigenvalue weighted by Crippen LogP contribution is 2.21. The van der Waals surface area contributed by atoms with Crippen molar-refractivity contribution < 1.29 is 17.6 Å². The van der Waals surface area contributed by atoms with Crippen LogP contribution in [0.15, 0.2) is 27.4 Å². The Morgan fingerprint density at radius 3 is 2.52 bits per heavy atom. The normalized spacial score (nSPS) is 16.2. The van der Waals surface area contributed by atoms with E-state index in [1.165, 1.54) is 0 Å². The number of nitrogens with one attached hydrogen (secondary N) is 2. The highest BCUT2D eigenvalue weighted by atomic mass is 32.2. The molecular weight excluding hydrogens is 372 g/mol. The summed E-state index contributed by atoms with van der Waals surface area (Å²) in [4.78, 5) is 26.0. The molecule has 2 N–H and O–H groups in total. The van der Waals surface area contributed by atoms with Crippen LogP contribution in [0.3, 0.4) is 0 Å². The van der Waals surface area contributed by atoms with E-state index in [0.29, 0.717) is 42.7 Å². The van der Waals surface area contributed by atoms with Gasteiger partial charge in [0.15, 0.2) is 5.58 Å². The Morgan fingerprint density at radius 2 is 1.93 bits per heavy atom. The first kappa shape index (κ1) is 19.4. The molecule has 2 amide bonds. The Kier molecular flexibility index (Phi) is 5.29. The number of piperidine rings is 1. The van der Waals surface area contributed by atoms with Gasteiger partial charge in [-0.15, -0.1) is 0 Å². The molecule has 1 fully saturated rings. The molecule has 3 rings (SSSR count). The van der Waals surface area contributed by atoms with Gasteiger partial charge in [0.05, 0.1) is 11.8 Å². The Labute approximate surface area is 157 Å². The fourth-order valence-corrected chi connectivity index (χ4v) is 4.15. The molecule has 0 spiro atoms. The first-order chi connectivity index (χ1) is 12.6. The molecule has 1 aromatic carbocycles. The quantitative estimate of drug-likeness (QED) is 0.817. The van der Waals surface area contributed by atoms with Crippen molar-refractivity contribution in [2.75, 3.05) is 24.7 Å². The van der Waals surface area contributed by atoms with Gasteiger partial charge in [0, 0.05) is 36.9 Å². The van der Waals surface area contributed by atoms with Crippen molar-refractivity contribution in [3.8, 4) is 0 Å². The summed E-state index contributed by atoms with van der Waals surface area (Å²) in [6.07, 6.45) is 2.25. The summed E-state index contributed by atoms with van der Waals surface area (Å²) in [6, 6.07) is 4.67. The second-order valence-electron chi connectivity index (χ2n) is 7.10. The zero-order valence-corrected chi connectivity index (χ0v) is 16.4. The number of hydrogen-bond acceptors (Lipinski definition) is 5. The van der Waals surface area contributed by atoms with Gasteiger partial charge < -0.3 is 14.6 Å². The van der Waals surface area contributed by atoms with Gasteiger partial charge >= 0.3 is 11.8 Å². The lowest BCUT2D eigenvalue weighted by atomic mass is 10.1. The number of likely N-dealkylation sites (tertiary alicyclic amines) is 1. The fourth-order valence-electron chi connectivity index (χ4n) is 3.31. The summed E-state index contributed by atoms with van der Waals surface area (Å²) in [5.74, 6) is -0.427. The number of anilines is 1. The number of aromatic nitrogens is 1. The van der Waals surface area contributed by atoms with E-state index in [9.17, 15) is 18.0 Å². The van der Waals surface area contributed by atoms with Crippen molar-refractivity contribution in [2.45, 2.75) is 38.8 Å². The number of sulfonamides is 1. The van der Waals surface area contributed by atoms with Gasteiger partial charge in [0.2, 0.25) is 10.0 Å². The second kappa shape index (κ2) is 7.35. The average Bonchev–Trinajstić information content (AvgIpc) is 2.89. The first-order valence-electron chi connectivity index (χ1n) is 8.82. The highest BCUT2D eigenvalue weighted by Gasteiger charge is 2.24. The molecule has 0 unspecified atom stereocenters. The van der Waals surface area contributed by atoms with Gasteiger partial charge in [-0.2, -0.15) is 0 Å². The van der Waals surface area contributed by atoms with Crippen LogP contribution in [-0.2, 0) is 10.0 Å². The molecule has 0 radical (unpaired) electrons. The lowest BCUT2D eigenvalue weighted by Crippen LogP contribution is -2.47. The minimum absolute atomic E-state index is 0.0268. The molecule has 10 heteroatoms.